The van der Waals surface area contributed by atoms with Crippen LogP contribution in [0.15, 0.2) is 0 Å². The third-order valence-electron chi connectivity index (χ3n) is 2.83. The van der Waals surface area contributed by atoms with Gasteiger partial charge in [0.1, 0.15) is 0 Å². The molecule has 0 radical (unpaired) electrons. The Hall–Kier alpha value is -0.410. The molecule has 2 bridgehead atoms. The number of carbonyl (C=O) groups is 1. The van der Waals surface area contributed by atoms with Crippen molar-refractivity contribution in [3.63, 3.8) is 0 Å². The molecule has 3 nitrogen and oxygen atoms in total. The van der Waals surface area contributed by atoms with Gasteiger partial charge in [-0.05, 0) is 6.42 Å². The fraction of sp³-hybridized carbons (Fsp3) is 0.875. The van der Waals surface area contributed by atoms with Gasteiger partial charge in [0.25, 0.3) is 0 Å². The van der Waals surface area contributed by atoms with E-state index in [1.165, 1.54) is 0 Å². The van der Waals surface area contributed by atoms with Gasteiger partial charge in [-0.15, -0.1) is 0 Å². The third-order valence-corrected chi connectivity index (χ3v) is 2.83. The zero-order chi connectivity index (χ0) is 7.90. The molecule has 0 aliphatic carbocycles. The van der Waals surface area contributed by atoms with Crippen molar-refractivity contribution in [3.05, 3.63) is 0 Å². The molecule has 2 heterocycles. The average Bonchev–Trinajstić information content (AvgIpc) is 2.62. The Morgan fingerprint density at radius 3 is 2.91 bits per heavy atom. The van der Waals surface area contributed by atoms with Crippen molar-refractivity contribution in [3.8, 4) is 0 Å². The van der Waals surface area contributed by atoms with E-state index in [0.29, 0.717) is 18.2 Å². The molecule has 2 aliphatic heterocycles. The summed E-state index contributed by atoms with van der Waals surface area (Å²) < 4.78 is 0. The number of Topliss-reactive ketones (excluding diaryl/α,β-unsaturated/α-hetero) is 1. The van der Waals surface area contributed by atoms with E-state index in [-0.39, 0.29) is 5.54 Å². The van der Waals surface area contributed by atoms with Crippen LogP contribution in [0, 0.1) is 0 Å². The minimum Gasteiger partial charge on any atom is -0.310 e. The van der Waals surface area contributed by atoms with Crippen LogP contribution in [0.5, 0.6) is 0 Å². The highest BCUT2D eigenvalue weighted by Gasteiger charge is 2.48. The van der Waals surface area contributed by atoms with Crippen LogP contribution in [0.3, 0.4) is 0 Å². The van der Waals surface area contributed by atoms with Crippen molar-refractivity contribution in [2.24, 2.45) is 0 Å². The number of piperazine rings is 1. The molecule has 2 N–H and O–H groups in total. The van der Waals surface area contributed by atoms with Gasteiger partial charge in [-0.2, -0.15) is 0 Å². The molecule has 0 unspecified atom stereocenters. The number of nitrogens with one attached hydrogen (secondary N) is 2. The minimum atomic E-state index is -0.181. The van der Waals surface area contributed by atoms with E-state index in [9.17, 15) is 4.79 Å². The molecule has 0 saturated carbocycles. The first-order valence-electron chi connectivity index (χ1n) is 4.28. The van der Waals surface area contributed by atoms with Gasteiger partial charge in [-0.3, -0.25) is 4.79 Å². The molecule has 2 atom stereocenters. The van der Waals surface area contributed by atoms with Crippen LogP contribution >= 0.6 is 0 Å². The van der Waals surface area contributed by atoms with Gasteiger partial charge in [-0.1, -0.05) is 6.92 Å². The normalized spacial score (nSPS) is 41.4. The second kappa shape index (κ2) is 2.29. The van der Waals surface area contributed by atoms with Crippen molar-refractivity contribution < 1.29 is 4.79 Å². The largest absolute Gasteiger partial charge is 0.310 e. The van der Waals surface area contributed by atoms with Gasteiger partial charge in [0.15, 0.2) is 5.78 Å². The highest BCUT2D eigenvalue weighted by Crippen LogP contribution is 2.27. The van der Waals surface area contributed by atoms with Crippen LogP contribution in [0.1, 0.15) is 19.8 Å². The summed E-state index contributed by atoms with van der Waals surface area (Å²) in [7, 11) is 0. The van der Waals surface area contributed by atoms with Crippen molar-refractivity contribution in [1.29, 1.82) is 0 Å². The lowest BCUT2D eigenvalue weighted by molar-refractivity contribution is -0.124. The maximum Gasteiger partial charge on any atom is 0.153 e. The van der Waals surface area contributed by atoms with Crippen LogP contribution in [0.2, 0.25) is 0 Å². The van der Waals surface area contributed by atoms with E-state index in [4.69, 9.17) is 0 Å². The number of ketones is 1. The van der Waals surface area contributed by atoms with E-state index in [1.54, 1.807) is 0 Å². The summed E-state index contributed by atoms with van der Waals surface area (Å²) in [4.78, 5) is 11.5. The molecule has 2 fully saturated rings. The molecule has 62 valence electrons. The highest BCUT2D eigenvalue weighted by molar-refractivity contribution is 5.89. The van der Waals surface area contributed by atoms with E-state index < -0.39 is 0 Å². The molecule has 0 aromatic heterocycles. The Bertz CT molecular complexity index is 183. The number of carbonyl (C=O) groups excluding carboxylic acids is 1. The summed E-state index contributed by atoms with van der Waals surface area (Å²) in [5.41, 5.74) is -0.181. The summed E-state index contributed by atoms with van der Waals surface area (Å²) in [5.74, 6) is 0.366. The molecule has 0 spiro atoms. The second-order valence-corrected chi connectivity index (χ2v) is 3.52. The maximum absolute atomic E-state index is 11.5. The summed E-state index contributed by atoms with van der Waals surface area (Å²) >= 11 is 0. The zero-order valence-electron chi connectivity index (χ0n) is 6.81. The Morgan fingerprint density at radius 1 is 1.73 bits per heavy atom. The smallest absolute Gasteiger partial charge is 0.153 e. The molecule has 2 aliphatic rings. The summed E-state index contributed by atoms with van der Waals surface area (Å²) in [6, 6.07) is 0.547. The first-order valence-corrected chi connectivity index (χ1v) is 4.28. The topological polar surface area (TPSA) is 41.1 Å². The minimum absolute atomic E-state index is 0.181. The Morgan fingerprint density at radius 2 is 2.55 bits per heavy atom. The van der Waals surface area contributed by atoms with E-state index >= 15 is 0 Å². The summed E-state index contributed by atoms with van der Waals surface area (Å²) in [5, 5.41) is 6.64. The molecular formula is C8H14N2O. The van der Waals surface area contributed by atoms with Crippen LogP contribution in [-0.4, -0.2) is 30.5 Å². The summed E-state index contributed by atoms with van der Waals surface area (Å²) in [6.45, 7) is 3.74. The van der Waals surface area contributed by atoms with E-state index in [2.05, 4.69) is 10.6 Å². The Kier molecular flexibility index (Phi) is 1.51. The fourth-order valence-electron chi connectivity index (χ4n) is 2.13. The standard InChI is InChI=1S/C8H14N2O/c1-2-7(11)8-3-6(4-10-8)9-5-8/h6,9-10H,2-5H2,1H3/t6-,8-/m0/s1. The number of fused-ring (bicyclic) bond motifs is 2. The van der Waals surface area contributed by atoms with Crippen LogP contribution in [0.4, 0.5) is 0 Å². The lowest BCUT2D eigenvalue weighted by Gasteiger charge is -2.25. The van der Waals surface area contributed by atoms with Crippen molar-refractivity contribution in [2.75, 3.05) is 13.1 Å². The number of hydrogen-bond donors (Lipinski definition) is 2. The monoisotopic (exact) mass is 154 g/mol. The zero-order valence-corrected chi connectivity index (χ0v) is 6.81. The average molecular weight is 154 g/mol. The van der Waals surface area contributed by atoms with Crippen LogP contribution in [-0.2, 0) is 4.79 Å². The van der Waals surface area contributed by atoms with Gasteiger partial charge in [-0.25, -0.2) is 0 Å². The van der Waals surface area contributed by atoms with Gasteiger partial charge >= 0.3 is 0 Å². The molecule has 11 heavy (non-hydrogen) atoms. The van der Waals surface area contributed by atoms with E-state index in [0.717, 1.165) is 19.5 Å². The third kappa shape index (κ3) is 0.914. The number of rotatable bonds is 2. The van der Waals surface area contributed by atoms with Gasteiger partial charge in [0.05, 0.1) is 5.54 Å². The first kappa shape index (κ1) is 7.25. The predicted octanol–water partition coefficient (Wildman–Crippen LogP) is -0.331. The molecule has 2 rings (SSSR count). The fourth-order valence-corrected chi connectivity index (χ4v) is 2.13. The quantitative estimate of drug-likeness (QED) is 0.572. The van der Waals surface area contributed by atoms with Crippen molar-refractivity contribution in [2.45, 2.75) is 31.3 Å². The predicted molar refractivity (Wildman–Crippen MR) is 42.4 cm³/mol. The van der Waals surface area contributed by atoms with E-state index in [1.807, 2.05) is 6.92 Å². The molecular weight excluding hydrogens is 140 g/mol. The number of hydrogen-bond acceptors (Lipinski definition) is 3. The Balaban J connectivity index is 2.16. The van der Waals surface area contributed by atoms with Crippen LogP contribution < -0.4 is 10.6 Å². The second-order valence-electron chi connectivity index (χ2n) is 3.52. The van der Waals surface area contributed by atoms with Crippen LogP contribution in [0.25, 0.3) is 0 Å². The lowest BCUT2D eigenvalue weighted by atomic mass is 9.93. The van der Waals surface area contributed by atoms with Gasteiger partial charge in [0, 0.05) is 25.6 Å². The van der Waals surface area contributed by atoms with Crippen molar-refractivity contribution in [1.82, 2.24) is 10.6 Å². The summed E-state index contributed by atoms with van der Waals surface area (Å²) in [6.07, 6.45) is 1.65. The Labute approximate surface area is 66.5 Å². The maximum atomic E-state index is 11.5. The molecule has 0 aromatic carbocycles. The van der Waals surface area contributed by atoms with Crippen molar-refractivity contribution >= 4 is 5.78 Å². The lowest BCUT2D eigenvalue weighted by Crippen LogP contribution is -2.54. The first-order chi connectivity index (χ1) is 5.27. The highest BCUT2D eigenvalue weighted by atomic mass is 16.1. The van der Waals surface area contributed by atoms with Gasteiger partial charge < -0.3 is 10.6 Å². The SMILES string of the molecule is CCC(=O)[C@]12CN[C@H](CN1)C2. The molecule has 3 heteroatoms. The molecule has 0 amide bonds. The molecule has 0 aromatic rings. The molecule has 2 saturated heterocycles. The van der Waals surface area contributed by atoms with Gasteiger partial charge in [0.2, 0.25) is 0 Å².